The zero-order valence-corrected chi connectivity index (χ0v) is 15.5. The lowest BCUT2D eigenvalue weighted by Crippen LogP contribution is -2.06. The Kier molecular flexibility index (Phi) is 5.40. The van der Waals surface area contributed by atoms with Crippen molar-refractivity contribution in [2.75, 3.05) is 7.11 Å². The number of ether oxygens (including phenoxy) is 2. The summed E-state index contributed by atoms with van der Waals surface area (Å²) in [4.78, 5) is 4.50. The highest BCUT2D eigenvalue weighted by atomic mass is 32.1. The minimum atomic E-state index is 0.0217. The second kappa shape index (κ2) is 7.89. The standard InChI is InChI=1S/C20H18N2O3S/c1-13(2)25-19-10-14(6-7-18(19)23-3)9-15(11-21)20-22-16(12-26-20)17-5-4-8-24-17/h4-10,12-13H,1-3H3/b15-9+. The average Bonchev–Trinajstić information content (AvgIpc) is 3.30. The van der Waals surface area contributed by atoms with Crippen LogP contribution in [0.25, 0.3) is 23.1 Å². The van der Waals surface area contributed by atoms with E-state index in [0.29, 0.717) is 27.8 Å². The van der Waals surface area contributed by atoms with Crippen molar-refractivity contribution in [3.63, 3.8) is 0 Å². The van der Waals surface area contributed by atoms with E-state index in [1.165, 1.54) is 11.3 Å². The Labute approximate surface area is 156 Å². The quantitative estimate of drug-likeness (QED) is 0.556. The molecule has 0 saturated carbocycles. The number of allylic oxidation sites excluding steroid dienone is 1. The number of methoxy groups -OCH3 is 1. The van der Waals surface area contributed by atoms with Crippen molar-refractivity contribution in [2.45, 2.75) is 20.0 Å². The number of benzene rings is 1. The normalized spacial score (nSPS) is 11.4. The summed E-state index contributed by atoms with van der Waals surface area (Å²) < 4.78 is 16.5. The predicted octanol–water partition coefficient (Wildman–Crippen LogP) is 5.26. The fraction of sp³-hybridized carbons (Fsp3) is 0.200. The third-order valence-corrected chi connectivity index (χ3v) is 4.37. The lowest BCUT2D eigenvalue weighted by Gasteiger charge is -2.14. The van der Waals surface area contributed by atoms with Crippen LogP contribution in [0.2, 0.25) is 0 Å². The van der Waals surface area contributed by atoms with Crippen molar-refractivity contribution in [3.05, 3.63) is 52.5 Å². The summed E-state index contributed by atoms with van der Waals surface area (Å²) in [6, 6.07) is 11.4. The second-order valence-electron chi connectivity index (χ2n) is 5.76. The van der Waals surface area contributed by atoms with Gasteiger partial charge in [-0.2, -0.15) is 5.26 Å². The van der Waals surface area contributed by atoms with Crippen molar-refractivity contribution in [1.29, 1.82) is 5.26 Å². The van der Waals surface area contributed by atoms with Crippen LogP contribution in [0.15, 0.2) is 46.4 Å². The predicted molar refractivity (Wildman–Crippen MR) is 102 cm³/mol. The maximum Gasteiger partial charge on any atom is 0.162 e. The molecule has 0 aliphatic carbocycles. The van der Waals surface area contributed by atoms with Gasteiger partial charge in [-0.1, -0.05) is 6.07 Å². The fourth-order valence-corrected chi connectivity index (χ4v) is 3.15. The molecule has 0 amide bonds. The zero-order chi connectivity index (χ0) is 18.5. The first-order chi connectivity index (χ1) is 12.6. The largest absolute Gasteiger partial charge is 0.493 e. The molecule has 0 saturated heterocycles. The topological polar surface area (TPSA) is 68.3 Å². The first kappa shape index (κ1) is 17.8. The Bertz CT molecular complexity index is 950. The Balaban J connectivity index is 1.93. The van der Waals surface area contributed by atoms with E-state index in [1.54, 1.807) is 19.4 Å². The number of hydrogen-bond acceptors (Lipinski definition) is 6. The Hall–Kier alpha value is -3.04. The van der Waals surface area contributed by atoms with Gasteiger partial charge in [0.1, 0.15) is 16.8 Å². The summed E-state index contributed by atoms with van der Waals surface area (Å²) in [6.07, 6.45) is 3.41. The number of aromatic nitrogens is 1. The van der Waals surface area contributed by atoms with Crippen LogP contribution >= 0.6 is 11.3 Å². The monoisotopic (exact) mass is 366 g/mol. The number of nitrogens with zero attached hydrogens (tertiary/aromatic N) is 2. The smallest absolute Gasteiger partial charge is 0.162 e. The summed E-state index contributed by atoms with van der Waals surface area (Å²) in [5.74, 6) is 1.98. The molecule has 1 aromatic carbocycles. The maximum atomic E-state index is 9.57. The Morgan fingerprint density at radius 2 is 2.15 bits per heavy atom. The SMILES string of the molecule is COc1ccc(/C=C(\C#N)c2nc(-c3ccco3)cs2)cc1OC(C)C. The van der Waals surface area contributed by atoms with Crippen molar-refractivity contribution in [1.82, 2.24) is 4.98 Å². The lowest BCUT2D eigenvalue weighted by atomic mass is 10.1. The Morgan fingerprint density at radius 1 is 1.31 bits per heavy atom. The van der Waals surface area contributed by atoms with Crippen LogP contribution in [0.1, 0.15) is 24.4 Å². The molecule has 0 aliphatic heterocycles. The van der Waals surface area contributed by atoms with E-state index in [9.17, 15) is 5.26 Å². The van der Waals surface area contributed by atoms with Crippen LogP contribution in [0.4, 0.5) is 0 Å². The first-order valence-electron chi connectivity index (χ1n) is 8.07. The molecule has 2 heterocycles. The summed E-state index contributed by atoms with van der Waals surface area (Å²) >= 11 is 1.40. The van der Waals surface area contributed by atoms with Gasteiger partial charge in [0.2, 0.25) is 0 Å². The van der Waals surface area contributed by atoms with E-state index in [1.807, 2.05) is 49.6 Å². The molecule has 0 radical (unpaired) electrons. The molecule has 0 atom stereocenters. The molecule has 132 valence electrons. The molecule has 2 aromatic heterocycles. The van der Waals surface area contributed by atoms with Gasteiger partial charge in [-0.3, -0.25) is 0 Å². The van der Waals surface area contributed by atoms with Crippen molar-refractivity contribution < 1.29 is 13.9 Å². The van der Waals surface area contributed by atoms with Gasteiger partial charge < -0.3 is 13.9 Å². The number of nitriles is 1. The van der Waals surface area contributed by atoms with Crippen molar-refractivity contribution in [2.24, 2.45) is 0 Å². The van der Waals surface area contributed by atoms with Gasteiger partial charge >= 0.3 is 0 Å². The first-order valence-corrected chi connectivity index (χ1v) is 8.95. The fourth-order valence-electron chi connectivity index (χ4n) is 2.37. The van der Waals surface area contributed by atoms with Crippen LogP contribution in [0, 0.1) is 11.3 Å². The zero-order valence-electron chi connectivity index (χ0n) is 14.7. The van der Waals surface area contributed by atoms with E-state index in [-0.39, 0.29) is 6.10 Å². The number of furan rings is 1. The van der Waals surface area contributed by atoms with Gasteiger partial charge in [-0.15, -0.1) is 11.3 Å². The summed E-state index contributed by atoms with van der Waals surface area (Å²) in [5.41, 5.74) is 2.04. The molecule has 0 aliphatic rings. The van der Waals surface area contributed by atoms with Crippen LogP contribution in [-0.4, -0.2) is 18.2 Å². The molecule has 3 aromatic rings. The average molecular weight is 366 g/mol. The van der Waals surface area contributed by atoms with Crippen molar-refractivity contribution >= 4 is 23.0 Å². The molecule has 3 rings (SSSR count). The van der Waals surface area contributed by atoms with E-state index in [4.69, 9.17) is 13.9 Å². The Morgan fingerprint density at radius 3 is 2.81 bits per heavy atom. The van der Waals surface area contributed by atoms with Crippen LogP contribution < -0.4 is 9.47 Å². The molecule has 6 heteroatoms. The second-order valence-corrected chi connectivity index (χ2v) is 6.62. The van der Waals surface area contributed by atoms with Gasteiger partial charge in [-0.05, 0) is 49.8 Å². The van der Waals surface area contributed by atoms with Gasteiger partial charge in [0.25, 0.3) is 0 Å². The molecule has 0 fully saturated rings. The molecular weight excluding hydrogens is 348 g/mol. The highest BCUT2D eigenvalue weighted by Crippen LogP contribution is 2.32. The number of rotatable bonds is 6. The number of thiazole rings is 1. The van der Waals surface area contributed by atoms with E-state index < -0.39 is 0 Å². The molecular formula is C20H18N2O3S. The molecule has 5 nitrogen and oxygen atoms in total. The minimum absolute atomic E-state index is 0.0217. The van der Waals surface area contributed by atoms with E-state index in [2.05, 4.69) is 11.1 Å². The number of hydrogen-bond donors (Lipinski definition) is 0. The molecule has 0 bridgehead atoms. The van der Waals surface area contributed by atoms with Crippen LogP contribution in [-0.2, 0) is 0 Å². The molecule has 0 spiro atoms. The maximum absolute atomic E-state index is 9.57. The molecule has 26 heavy (non-hydrogen) atoms. The minimum Gasteiger partial charge on any atom is -0.493 e. The van der Waals surface area contributed by atoms with E-state index >= 15 is 0 Å². The van der Waals surface area contributed by atoms with Gasteiger partial charge in [0.05, 0.1) is 25.1 Å². The highest BCUT2D eigenvalue weighted by molar-refractivity contribution is 7.11. The summed E-state index contributed by atoms with van der Waals surface area (Å²) in [6.45, 7) is 3.91. The van der Waals surface area contributed by atoms with Gasteiger partial charge in [0.15, 0.2) is 17.3 Å². The highest BCUT2D eigenvalue weighted by Gasteiger charge is 2.12. The van der Waals surface area contributed by atoms with Gasteiger partial charge in [0, 0.05) is 5.38 Å². The van der Waals surface area contributed by atoms with Crippen molar-refractivity contribution in [3.8, 4) is 29.0 Å². The van der Waals surface area contributed by atoms with Gasteiger partial charge in [-0.25, -0.2) is 4.98 Å². The third-order valence-electron chi connectivity index (χ3n) is 3.49. The molecule has 0 N–H and O–H groups in total. The molecule has 0 unspecified atom stereocenters. The van der Waals surface area contributed by atoms with Crippen LogP contribution in [0.3, 0.4) is 0 Å². The summed E-state index contributed by atoms with van der Waals surface area (Å²) in [7, 11) is 1.60. The summed E-state index contributed by atoms with van der Waals surface area (Å²) in [5, 5.41) is 12.1. The third kappa shape index (κ3) is 3.95. The van der Waals surface area contributed by atoms with Crippen LogP contribution in [0.5, 0.6) is 11.5 Å². The van der Waals surface area contributed by atoms with E-state index in [0.717, 1.165) is 11.3 Å². The lowest BCUT2D eigenvalue weighted by molar-refractivity contribution is 0.230.